The maximum Gasteiger partial charge on any atom is 0.167 e. The molecule has 1 aromatic rings. The Bertz CT molecular complexity index is 466. The van der Waals surface area contributed by atoms with E-state index in [4.69, 9.17) is 15.2 Å². The molecule has 0 atom stereocenters. The summed E-state index contributed by atoms with van der Waals surface area (Å²) in [5.74, 6) is 0.499. The van der Waals surface area contributed by atoms with Crippen LogP contribution in [0, 0.1) is 0 Å². The van der Waals surface area contributed by atoms with Crippen molar-refractivity contribution >= 4 is 5.78 Å². The lowest BCUT2D eigenvalue weighted by Crippen LogP contribution is -2.15. The number of carbonyl (C=O) groups is 1. The van der Waals surface area contributed by atoms with Gasteiger partial charge in [-0.3, -0.25) is 4.79 Å². The van der Waals surface area contributed by atoms with Gasteiger partial charge < -0.3 is 15.2 Å². The summed E-state index contributed by atoms with van der Waals surface area (Å²) in [6, 6.07) is 3.05. The van der Waals surface area contributed by atoms with Crippen LogP contribution in [0.3, 0.4) is 0 Å². The fourth-order valence-corrected chi connectivity index (χ4v) is 1.84. The van der Waals surface area contributed by atoms with Gasteiger partial charge >= 0.3 is 0 Å². The molecule has 0 saturated heterocycles. The molecule has 0 radical (unpaired) electrons. The number of halogens is 1. The molecule has 2 N–H and O–H groups in total. The summed E-state index contributed by atoms with van der Waals surface area (Å²) < 4.78 is 24.6. The molecule has 0 fully saturated rings. The molecular formula is C14H20FNO3. The Morgan fingerprint density at radius 3 is 2.37 bits per heavy atom. The van der Waals surface area contributed by atoms with Gasteiger partial charge in [0.15, 0.2) is 17.3 Å². The summed E-state index contributed by atoms with van der Waals surface area (Å²) in [6.07, 6.45) is 0.210. The van der Waals surface area contributed by atoms with Crippen LogP contribution in [0.2, 0.25) is 0 Å². The Kier molecular flexibility index (Phi) is 4.89. The largest absolute Gasteiger partial charge is 0.493 e. The molecule has 0 aliphatic heterocycles. The fourth-order valence-electron chi connectivity index (χ4n) is 1.84. The number of carbonyl (C=O) groups excluding carboxylic acids is 1. The summed E-state index contributed by atoms with van der Waals surface area (Å²) in [5.41, 5.74) is 4.39. The first kappa shape index (κ1) is 15.4. The predicted molar refractivity (Wildman–Crippen MR) is 71.7 cm³/mol. The van der Waals surface area contributed by atoms with Gasteiger partial charge in [0.05, 0.1) is 14.2 Å². The molecule has 0 aromatic heterocycles. The molecule has 1 rings (SSSR count). The second-order valence-corrected chi connectivity index (χ2v) is 4.69. The van der Waals surface area contributed by atoms with Crippen LogP contribution < -0.4 is 15.2 Å². The Morgan fingerprint density at radius 2 is 1.95 bits per heavy atom. The van der Waals surface area contributed by atoms with Crippen molar-refractivity contribution in [2.24, 2.45) is 5.73 Å². The topological polar surface area (TPSA) is 61.5 Å². The van der Waals surface area contributed by atoms with Gasteiger partial charge in [-0.05, 0) is 32.5 Å². The lowest BCUT2D eigenvalue weighted by atomic mass is 9.94. The van der Waals surface area contributed by atoms with E-state index < -0.39 is 5.67 Å². The molecule has 0 unspecified atom stereocenters. The van der Waals surface area contributed by atoms with Crippen LogP contribution in [-0.4, -0.2) is 26.5 Å². The Morgan fingerprint density at radius 1 is 1.32 bits per heavy atom. The van der Waals surface area contributed by atoms with E-state index in [0.717, 1.165) is 0 Å². The quantitative estimate of drug-likeness (QED) is 0.806. The molecule has 0 aliphatic rings. The highest BCUT2D eigenvalue weighted by Crippen LogP contribution is 2.40. The first-order chi connectivity index (χ1) is 8.85. The van der Waals surface area contributed by atoms with Crippen LogP contribution >= 0.6 is 0 Å². The minimum absolute atomic E-state index is 0.144. The first-order valence-electron chi connectivity index (χ1n) is 6.03. The van der Waals surface area contributed by atoms with Crippen molar-refractivity contribution < 1.29 is 18.7 Å². The van der Waals surface area contributed by atoms with Gasteiger partial charge in [-0.25, -0.2) is 4.39 Å². The molecule has 0 aliphatic carbocycles. The number of ether oxygens (including phenoxy) is 2. The lowest BCUT2D eigenvalue weighted by Gasteiger charge is -2.21. The molecule has 106 valence electrons. The Balaban J connectivity index is 3.43. The van der Waals surface area contributed by atoms with E-state index in [1.165, 1.54) is 34.1 Å². The number of nitrogens with two attached hydrogens (primary N) is 1. The van der Waals surface area contributed by atoms with Crippen molar-refractivity contribution in [1.82, 2.24) is 0 Å². The van der Waals surface area contributed by atoms with Gasteiger partial charge in [-0.1, -0.05) is 0 Å². The van der Waals surface area contributed by atoms with Gasteiger partial charge in [0.1, 0.15) is 5.67 Å². The van der Waals surface area contributed by atoms with Crippen molar-refractivity contribution in [2.45, 2.75) is 25.9 Å². The zero-order valence-corrected chi connectivity index (χ0v) is 11.7. The van der Waals surface area contributed by atoms with Gasteiger partial charge in [0, 0.05) is 17.5 Å². The molecule has 0 bridgehead atoms. The number of benzene rings is 1. The summed E-state index contributed by atoms with van der Waals surface area (Å²) in [6.45, 7) is 3.06. The van der Waals surface area contributed by atoms with Crippen LogP contribution in [0.4, 0.5) is 4.39 Å². The van der Waals surface area contributed by atoms with E-state index in [2.05, 4.69) is 0 Å². The maximum atomic E-state index is 14.2. The predicted octanol–water partition coefficient (Wildman–Crippen LogP) is 2.44. The molecule has 19 heavy (non-hydrogen) atoms. The van der Waals surface area contributed by atoms with E-state index in [0.29, 0.717) is 17.1 Å². The highest BCUT2D eigenvalue weighted by molar-refractivity contribution is 5.97. The van der Waals surface area contributed by atoms with Crippen molar-refractivity contribution in [2.75, 3.05) is 20.8 Å². The van der Waals surface area contributed by atoms with Gasteiger partial charge in [0.25, 0.3) is 0 Å². The van der Waals surface area contributed by atoms with Crippen molar-refractivity contribution in [3.05, 3.63) is 23.3 Å². The second-order valence-electron chi connectivity index (χ2n) is 4.69. The van der Waals surface area contributed by atoms with E-state index in [-0.39, 0.29) is 24.3 Å². The molecule has 0 amide bonds. The van der Waals surface area contributed by atoms with Crippen molar-refractivity contribution in [3.8, 4) is 11.5 Å². The third-order valence-electron chi connectivity index (χ3n) is 2.81. The maximum absolute atomic E-state index is 14.2. The minimum Gasteiger partial charge on any atom is -0.493 e. The Labute approximate surface area is 112 Å². The molecule has 1 aromatic carbocycles. The molecule has 0 heterocycles. The monoisotopic (exact) mass is 269 g/mol. The summed E-state index contributed by atoms with van der Waals surface area (Å²) in [7, 11) is 2.89. The number of methoxy groups -OCH3 is 2. The first-order valence-corrected chi connectivity index (χ1v) is 6.03. The molecule has 5 heteroatoms. The highest BCUT2D eigenvalue weighted by atomic mass is 19.1. The van der Waals surface area contributed by atoms with Crippen molar-refractivity contribution in [3.63, 3.8) is 0 Å². The summed E-state index contributed by atoms with van der Waals surface area (Å²) in [5, 5.41) is 0. The van der Waals surface area contributed by atoms with E-state index in [1.807, 2.05) is 0 Å². The number of rotatable bonds is 6. The third kappa shape index (κ3) is 3.44. The van der Waals surface area contributed by atoms with Crippen molar-refractivity contribution in [1.29, 1.82) is 0 Å². The minimum atomic E-state index is -1.64. The number of hydrogen-bond acceptors (Lipinski definition) is 4. The van der Waals surface area contributed by atoms with E-state index in [9.17, 15) is 9.18 Å². The number of alkyl halides is 1. The highest BCUT2D eigenvalue weighted by Gasteiger charge is 2.27. The second kappa shape index (κ2) is 6.02. The fraction of sp³-hybridized carbons (Fsp3) is 0.500. The zero-order valence-electron chi connectivity index (χ0n) is 11.7. The van der Waals surface area contributed by atoms with Crippen LogP contribution in [0.15, 0.2) is 12.1 Å². The summed E-state index contributed by atoms with van der Waals surface area (Å²) >= 11 is 0. The van der Waals surface area contributed by atoms with E-state index in [1.54, 1.807) is 6.07 Å². The van der Waals surface area contributed by atoms with E-state index >= 15 is 0 Å². The normalized spacial score (nSPS) is 11.3. The molecule has 4 nitrogen and oxygen atoms in total. The van der Waals surface area contributed by atoms with Crippen LogP contribution in [-0.2, 0) is 5.67 Å². The summed E-state index contributed by atoms with van der Waals surface area (Å²) in [4.78, 5) is 11.9. The molecule has 0 spiro atoms. The van der Waals surface area contributed by atoms with Crippen LogP contribution in [0.1, 0.15) is 36.2 Å². The standard InChI is InChI=1S/C14H20FNO3/c1-14(2,15)10-7-9(11(17)5-6-16)8-12(18-3)13(10)19-4/h7-8H,5-6,16H2,1-4H3. The average molecular weight is 269 g/mol. The molecular weight excluding hydrogens is 249 g/mol. The average Bonchev–Trinajstić information content (AvgIpc) is 2.36. The number of hydrogen-bond donors (Lipinski definition) is 1. The lowest BCUT2D eigenvalue weighted by molar-refractivity contribution is 0.0984. The van der Waals surface area contributed by atoms with Gasteiger partial charge in [0.2, 0.25) is 0 Å². The third-order valence-corrected chi connectivity index (χ3v) is 2.81. The number of ketones is 1. The SMILES string of the molecule is COc1cc(C(=O)CCN)cc(C(C)(C)F)c1OC. The smallest absolute Gasteiger partial charge is 0.167 e. The zero-order chi connectivity index (χ0) is 14.6. The Hall–Kier alpha value is -1.62. The van der Waals surface area contributed by atoms with Gasteiger partial charge in [-0.15, -0.1) is 0 Å². The molecule has 0 saturated carbocycles. The van der Waals surface area contributed by atoms with Crippen LogP contribution in [0.25, 0.3) is 0 Å². The van der Waals surface area contributed by atoms with Gasteiger partial charge in [-0.2, -0.15) is 0 Å². The number of Topliss-reactive ketones (excluding diaryl/α,β-unsaturated/α-hetero) is 1. The van der Waals surface area contributed by atoms with Crippen LogP contribution in [0.5, 0.6) is 11.5 Å².